The van der Waals surface area contributed by atoms with Crippen LogP contribution in [-0.2, 0) is 5.41 Å². The zero-order valence-corrected chi connectivity index (χ0v) is 18.1. The van der Waals surface area contributed by atoms with Gasteiger partial charge in [-0.25, -0.2) is 0 Å². The summed E-state index contributed by atoms with van der Waals surface area (Å²) >= 11 is 2.48. The molecule has 0 heterocycles. The minimum Gasteiger partial charge on any atom is -0.0864 e. The van der Waals surface area contributed by atoms with Gasteiger partial charge in [0.25, 0.3) is 0 Å². The molecular weight excluding hydrogens is 439 g/mol. The molecule has 3 aromatic rings. The van der Waals surface area contributed by atoms with Crippen molar-refractivity contribution in [2.75, 3.05) is 4.43 Å². The molecule has 0 saturated heterocycles. The topological polar surface area (TPSA) is 0 Å². The Hall–Kier alpha value is -1.61. The van der Waals surface area contributed by atoms with Gasteiger partial charge in [-0.05, 0) is 34.0 Å². The van der Waals surface area contributed by atoms with Gasteiger partial charge < -0.3 is 0 Å². The lowest BCUT2D eigenvalue weighted by molar-refractivity contribution is 0.503. The van der Waals surface area contributed by atoms with Gasteiger partial charge in [-0.2, -0.15) is 0 Å². The summed E-state index contributed by atoms with van der Waals surface area (Å²) in [4.78, 5) is 0. The van der Waals surface area contributed by atoms with Gasteiger partial charge in [0, 0.05) is 5.41 Å². The van der Waals surface area contributed by atoms with E-state index in [1.807, 2.05) is 0 Å². The minimum absolute atomic E-state index is 0.0763. The van der Waals surface area contributed by atoms with E-state index < -0.39 is 0 Å². The molecule has 0 fully saturated rings. The highest BCUT2D eigenvalue weighted by Gasteiger charge is 2.35. The van der Waals surface area contributed by atoms with Gasteiger partial charge >= 0.3 is 0 Å². The quantitative estimate of drug-likeness (QED) is 0.123. The molecule has 140 valence electrons. The molecule has 0 atom stereocenters. The predicted molar refractivity (Wildman–Crippen MR) is 126 cm³/mol. The summed E-state index contributed by atoms with van der Waals surface area (Å²) in [7, 11) is 0. The Morgan fingerprint density at radius 2 is 0.852 bits per heavy atom. The van der Waals surface area contributed by atoms with Crippen molar-refractivity contribution in [1.82, 2.24) is 0 Å². The van der Waals surface area contributed by atoms with Crippen LogP contribution < -0.4 is 0 Å². The first-order chi connectivity index (χ1) is 13.4. The molecule has 27 heavy (non-hydrogen) atoms. The summed E-state index contributed by atoms with van der Waals surface area (Å²) in [5.74, 6) is 0. The fourth-order valence-electron chi connectivity index (χ4n) is 4.12. The van der Waals surface area contributed by atoms with Crippen molar-refractivity contribution >= 4 is 22.6 Å². The van der Waals surface area contributed by atoms with Crippen molar-refractivity contribution in [1.29, 1.82) is 0 Å². The first-order valence-electron chi connectivity index (χ1n) is 10.1. The lowest BCUT2D eigenvalue weighted by Gasteiger charge is -2.36. The monoisotopic (exact) mass is 468 g/mol. The van der Waals surface area contributed by atoms with Crippen LogP contribution in [0.5, 0.6) is 0 Å². The average molecular weight is 468 g/mol. The van der Waals surface area contributed by atoms with Gasteiger partial charge in [0.05, 0.1) is 0 Å². The molecule has 0 saturated carbocycles. The fraction of sp³-hybridized carbons (Fsp3) is 0.308. The summed E-state index contributed by atoms with van der Waals surface area (Å²) in [6.07, 6.45) is 7.76. The van der Waals surface area contributed by atoms with E-state index in [9.17, 15) is 0 Å². The Balaban J connectivity index is 1.98. The minimum atomic E-state index is -0.0763. The Kier molecular flexibility index (Phi) is 7.94. The molecule has 0 aliphatic carbocycles. The second-order valence-corrected chi connectivity index (χ2v) is 8.29. The maximum Gasteiger partial charge on any atom is 0.0451 e. The third-order valence-corrected chi connectivity index (χ3v) is 6.25. The molecule has 1 heteroatoms. The van der Waals surface area contributed by atoms with E-state index in [2.05, 4.69) is 114 Å². The van der Waals surface area contributed by atoms with E-state index in [0.29, 0.717) is 0 Å². The highest BCUT2D eigenvalue weighted by atomic mass is 127. The van der Waals surface area contributed by atoms with Gasteiger partial charge in [-0.3, -0.25) is 0 Å². The van der Waals surface area contributed by atoms with Gasteiger partial charge in [0.2, 0.25) is 0 Å². The molecule has 0 nitrogen and oxygen atoms in total. The molecule has 0 spiro atoms. The first-order valence-corrected chi connectivity index (χ1v) is 11.6. The maximum atomic E-state index is 2.48. The smallest absolute Gasteiger partial charge is 0.0451 e. The number of benzene rings is 3. The third kappa shape index (κ3) is 5.01. The standard InChI is InChI=1S/C26H29I/c27-22-14-3-1-2-13-21-26(23-15-7-4-8-16-23,24-17-9-5-10-18-24)25-19-11-6-12-20-25/h4-12,15-20H,1-3,13-14,21-22H2. The number of hydrogen-bond acceptors (Lipinski definition) is 0. The highest BCUT2D eigenvalue weighted by molar-refractivity contribution is 14.1. The van der Waals surface area contributed by atoms with Crippen LogP contribution in [0.25, 0.3) is 0 Å². The SMILES string of the molecule is ICCCCCCCC(c1ccccc1)(c1ccccc1)c1ccccc1. The Morgan fingerprint density at radius 3 is 1.26 bits per heavy atom. The number of rotatable bonds is 10. The number of unbranched alkanes of at least 4 members (excludes halogenated alkanes) is 4. The Bertz CT molecular complexity index is 668. The van der Waals surface area contributed by atoms with Crippen LogP contribution in [0.1, 0.15) is 55.2 Å². The van der Waals surface area contributed by atoms with Gasteiger partial charge in [-0.1, -0.05) is 139 Å². The normalized spacial score (nSPS) is 11.4. The Labute approximate surface area is 178 Å². The number of alkyl halides is 1. The van der Waals surface area contributed by atoms with E-state index in [1.165, 1.54) is 53.2 Å². The van der Waals surface area contributed by atoms with Crippen molar-refractivity contribution in [3.63, 3.8) is 0 Å². The molecule has 0 bridgehead atoms. The van der Waals surface area contributed by atoms with E-state index in [4.69, 9.17) is 0 Å². The van der Waals surface area contributed by atoms with E-state index in [-0.39, 0.29) is 5.41 Å². The highest BCUT2D eigenvalue weighted by Crippen LogP contribution is 2.43. The number of halogens is 1. The molecule has 0 amide bonds. The first kappa shape index (κ1) is 20.1. The summed E-state index contributed by atoms with van der Waals surface area (Å²) in [5.41, 5.74) is 4.12. The zero-order valence-electron chi connectivity index (χ0n) is 16.0. The molecule has 3 rings (SSSR count). The molecule has 0 aromatic heterocycles. The van der Waals surface area contributed by atoms with Crippen molar-refractivity contribution in [3.8, 4) is 0 Å². The summed E-state index contributed by atoms with van der Waals surface area (Å²) in [6.45, 7) is 0. The molecule has 0 aliphatic heterocycles. The number of hydrogen-bond donors (Lipinski definition) is 0. The Morgan fingerprint density at radius 1 is 0.481 bits per heavy atom. The van der Waals surface area contributed by atoms with Crippen LogP contribution in [0.4, 0.5) is 0 Å². The zero-order chi connectivity index (χ0) is 18.8. The van der Waals surface area contributed by atoms with Gasteiger partial charge in [0.1, 0.15) is 0 Å². The van der Waals surface area contributed by atoms with Crippen LogP contribution in [0.3, 0.4) is 0 Å². The molecule has 3 aromatic carbocycles. The lowest BCUT2D eigenvalue weighted by Crippen LogP contribution is -2.29. The fourth-order valence-corrected chi connectivity index (χ4v) is 4.66. The van der Waals surface area contributed by atoms with Crippen LogP contribution in [0.15, 0.2) is 91.0 Å². The van der Waals surface area contributed by atoms with Crippen LogP contribution in [-0.4, -0.2) is 4.43 Å². The van der Waals surface area contributed by atoms with Gasteiger partial charge in [-0.15, -0.1) is 0 Å². The molecule has 0 N–H and O–H groups in total. The lowest BCUT2D eigenvalue weighted by atomic mass is 9.66. The van der Waals surface area contributed by atoms with E-state index in [0.717, 1.165) is 6.42 Å². The summed E-state index contributed by atoms with van der Waals surface area (Å²) in [5, 5.41) is 0. The van der Waals surface area contributed by atoms with E-state index >= 15 is 0 Å². The second-order valence-electron chi connectivity index (χ2n) is 7.21. The second kappa shape index (κ2) is 10.7. The molecule has 0 unspecified atom stereocenters. The van der Waals surface area contributed by atoms with Crippen molar-refractivity contribution < 1.29 is 0 Å². The van der Waals surface area contributed by atoms with Crippen molar-refractivity contribution in [2.24, 2.45) is 0 Å². The molecular formula is C26H29I. The third-order valence-electron chi connectivity index (χ3n) is 5.49. The van der Waals surface area contributed by atoms with Crippen LogP contribution in [0.2, 0.25) is 0 Å². The van der Waals surface area contributed by atoms with Crippen molar-refractivity contribution in [3.05, 3.63) is 108 Å². The van der Waals surface area contributed by atoms with Crippen molar-refractivity contribution in [2.45, 2.75) is 43.9 Å². The summed E-state index contributed by atoms with van der Waals surface area (Å²) in [6, 6.07) is 33.2. The molecule has 0 radical (unpaired) electrons. The van der Waals surface area contributed by atoms with Crippen LogP contribution >= 0.6 is 22.6 Å². The van der Waals surface area contributed by atoms with Crippen LogP contribution in [0, 0.1) is 0 Å². The molecule has 0 aliphatic rings. The average Bonchev–Trinajstić information content (AvgIpc) is 2.75. The maximum absolute atomic E-state index is 2.48. The van der Waals surface area contributed by atoms with Gasteiger partial charge in [0.15, 0.2) is 0 Å². The summed E-state index contributed by atoms with van der Waals surface area (Å²) < 4.78 is 1.28. The largest absolute Gasteiger partial charge is 0.0864 e. The van der Waals surface area contributed by atoms with E-state index in [1.54, 1.807) is 0 Å². The predicted octanol–water partition coefficient (Wildman–Crippen LogP) is 7.80.